The van der Waals surface area contributed by atoms with Crippen LogP contribution in [0.2, 0.25) is 0 Å². The molecule has 0 aromatic heterocycles. The molecule has 0 aliphatic heterocycles. The van der Waals surface area contributed by atoms with Crippen molar-refractivity contribution in [2.75, 3.05) is 32.7 Å². The molecule has 17 atom stereocenters. The number of rotatable bonds is 68. The predicted molar refractivity (Wildman–Crippen MR) is 474 cm³/mol. The molecule has 44 N–H and O–H groups in total. The minimum Gasteiger partial charge on any atom is -0.480 e. The Labute approximate surface area is 748 Å². The van der Waals surface area contributed by atoms with Gasteiger partial charge in [-0.1, -0.05) is 61.8 Å². The summed E-state index contributed by atoms with van der Waals surface area (Å²) < 4.78 is 0. The first kappa shape index (κ1) is 118. The van der Waals surface area contributed by atoms with Gasteiger partial charge in [-0.25, -0.2) is 4.79 Å². The smallest absolute Gasteiger partial charge is 0.326 e. The van der Waals surface area contributed by atoms with E-state index in [4.69, 9.17) is 68.8 Å². The first-order valence-corrected chi connectivity index (χ1v) is 43.5. The summed E-state index contributed by atoms with van der Waals surface area (Å²) in [6.45, 7) is 21.3. The largest absolute Gasteiger partial charge is 0.480 e. The highest BCUT2D eigenvalue weighted by Crippen LogP contribution is 2.16. The van der Waals surface area contributed by atoms with Gasteiger partial charge in [0.05, 0.1) is 12.5 Å². The third-order valence-electron chi connectivity index (χ3n) is 19.9. The molecule has 0 radical (unpaired) electrons. The van der Waals surface area contributed by atoms with Crippen LogP contribution in [0, 0.1) is 23.7 Å². The zero-order valence-corrected chi connectivity index (χ0v) is 76.3. The lowest BCUT2D eigenvalue weighted by Gasteiger charge is -2.29. The number of unbranched alkanes of at least 4 members (excludes halogenated alkanes) is 1. The van der Waals surface area contributed by atoms with Crippen molar-refractivity contribution in [1.29, 1.82) is 0 Å². The van der Waals surface area contributed by atoms with Crippen LogP contribution in [0.3, 0.4) is 0 Å². The lowest BCUT2D eigenvalue weighted by Crippen LogP contribution is -2.61. The fraction of sp³-hybridized carbons (Fsp3) is 0.769. The molecule has 0 fully saturated rings. The Morgan fingerprint density at radius 3 is 0.852 bits per heavy atom. The van der Waals surface area contributed by atoms with Crippen molar-refractivity contribution in [3.63, 3.8) is 0 Å². The quantitative estimate of drug-likeness (QED) is 0.0199. The van der Waals surface area contributed by atoms with Crippen molar-refractivity contribution in [1.82, 2.24) is 101 Å². The third kappa shape index (κ3) is 50.6. The maximum absolute atomic E-state index is 14.5. The minimum absolute atomic E-state index is 0.0000997. The van der Waals surface area contributed by atoms with E-state index in [2.05, 4.69) is 101 Å². The number of amides is 17. The Morgan fingerprint density at radius 2 is 0.531 bits per heavy atom. The monoisotopic (exact) mass is 1830 g/mol. The maximum Gasteiger partial charge on any atom is 0.326 e. The molecule has 0 heterocycles. The minimum atomic E-state index is -1.85. The molecule has 0 unspecified atom stereocenters. The Morgan fingerprint density at radius 1 is 0.273 bits per heavy atom. The molecule has 128 heavy (non-hydrogen) atoms. The average Bonchev–Trinajstić information content (AvgIpc) is 0.869. The van der Waals surface area contributed by atoms with Crippen molar-refractivity contribution in [3.8, 4) is 0 Å². The normalized spacial score (nSPS) is 15.5. The molecule has 0 aromatic carbocycles. The van der Waals surface area contributed by atoms with Crippen molar-refractivity contribution in [2.45, 2.75) is 327 Å². The Bertz CT molecular complexity index is 3550. The molecule has 0 aliphatic rings. The fourth-order valence-corrected chi connectivity index (χ4v) is 12.5. The van der Waals surface area contributed by atoms with Crippen molar-refractivity contribution in [2.24, 2.45) is 92.5 Å². The van der Waals surface area contributed by atoms with E-state index >= 15 is 0 Å². The number of nitrogens with two attached hydrogens (primary N) is 12. The average molecular weight is 1830 g/mol. The van der Waals surface area contributed by atoms with E-state index in [0.717, 1.165) is 0 Å². The summed E-state index contributed by atoms with van der Waals surface area (Å²) in [5, 5.41) is 58.8. The van der Waals surface area contributed by atoms with E-state index in [1.807, 2.05) is 0 Å². The number of carbonyl (C=O) groups excluding carboxylic acids is 17. The number of nitrogens with one attached hydrogen (secondary N) is 19. The van der Waals surface area contributed by atoms with Crippen LogP contribution in [0.15, 0.2) is 0 Å². The molecule has 0 rings (SSSR count). The first-order valence-electron chi connectivity index (χ1n) is 43.5. The fourth-order valence-electron chi connectivity index (χ4n) is 12.5. The topological polar surface area (TPSA) is 868 Å². The summed E-state index contributed by atoms with van der Waals surface area (Å²) in [6.07, 6.45) is -3.82. The van der Waals surface area contributed by atoms with Gasteiger partial charge in [0.15, 0.2) is 0 Å². The van der Waals surface area contributed by atoms with E-state index < -0.39 is 253 Å². The highest BCUT2D eigenvalue weighted by molar-refractivity contribution is 6.01. The number of aliphatic carboxylic acids is 1. The molecule has 17 amide bonds. The summed E-state index contributed by atoms with van der Waals surface area (Å²) in [5.41, 5.74) is 67.7. The van der Waals surface area contributed by atoms with E-state index in [-0.39, 0.29) is 121 Å². The van der Waals surface area contributed by atoms with Gasteiger partial charge in [-0.3, -0.25) is 103 Å². The van der Waals surface area contributed by atoms with Gasteiger partial charge in [-0.2, -0.15) is 0 Å². The number of hydrogen-bond acceptors (Lipinski definition) is 32. The van der Waals surface area contributed by atoms with Crippen LogP contribution in [0.4, 0.5) is 0 Å². The zero-order chi connectivity index (χ0) is 97.9. The molecule has 50 nitrogen and oxygen atoms in total. The second-order valence-electron chi connectivity index (χ2n) is 33.4. The molecule has 50 heteroatoms. The Kier molecular flexibility index (Phi) is 58.0. The first-order chi connectivity index (χ1) is 59.7. The molecule has 0 aromatic rings. The van der Waals surface area contributed by atoms with Crippen LogP contribution in [-0.4, -0.2) is 266 Å². The molecule has 0 saturated carbocycles. The molecule has 0 bridgehead atoms. The highest BCUT2D eigenvalue weighted by atomic mass is 16.4. The zero-order valence-electron chi connectivity index (χ0n) is 76.3. The summed E-state index contributed by atoms with van der Waals surface area (Å²) in [6, 6.07) is -22.4. The molecule has 0 saturated heterocycles. The number of hydrogen-bond donors (Lipinski definition) is 32. The number of carboxylic acids is 1. The van der Waals surface area contributed by atoms with E-state index in [0.29, 0.717) is 25.8 Å². The Hall–Kier alpha value is -10.1. The highest BCUT2D eigenvalue weighted by Gasteiger charge is 2.39. The van der Waals surface area contributed by atoms with Gasteiger partial charge in [0, 0.05) is 6.42 Å². The van der Waals surface area contributed by atoms with Crippen LogP contribution in [0.1, 0.15) is 206 Å². The van der Waals surface area contributed by atoms with E-state index in [1.54, 1.807) is 55.4 Å². The van der Waals surface area contributed by atoms with Gasteiger partial charge in [0.1, 0.15) is 116 Å². The van der Waals surface area contributed by atoms with Crippen molar-refractivity contribution < 1.29 is 91.4 Å². The number of carbonyl (C=O) groups is 18. The van der Waals surface area contributed by atoms with Crippen LogP contribution >= 0.6 is 0 Å². The predicted octanol–water partition coefficient (Wildman–Crippen LogP) is -11.5. The summed E-state index contributed by atoms with van der Waals surface area (Å²) in [5.74, 6) is -18.2. The summed E-state index contributed by atoms with van der Waals surface area (Å²) >= 11 is 0. The van der Waals surface area contributed by atoms with Gasteiger partial charge in [0.2, 0.25) is 100 Å². The van der Waals surface area contributed by atoms with Crippen molar-refractivity contribution in [3.05, 3.63) is 0 Å². The SMILES string of the molecule is CC[C@H](C)[C@H](NC(=O)[C@@H](N)CCCNC(N)N)C(=O)N[C@@H](CCC(N)=O)C(=O)N[C@@H](CCCNC(N)N)C(=O)N[C@@H](CC(N)=O)C(=O)N[C@@H](CCCCN)C(=O)N[C@@H](C)C(=O)N[C@@H](C)C(=O)N[C@@H](C)C(=O)N[C@@H](CC(C)C)C(=O)N[C@@H](CC(C)C)C(=O)N[C@@H](CCCNC(N)N)C(=O)N[C@@H](CC(C)C)C(=O)N[C@@H](C)C(=O)N[C@@H](C)C(=O)N[C@@H](CCCNC(N)N)C(=O)O. The second-order valence-corrected chi connectivity index (χ2v) is 33.4. The summed E-state index contributed by atoms with van der Waals surface area (Å²) in [7, 11) is 0. The van der Waals surface area contributed by atoms with Crippen molar-refractivity contribution >= 4 is 106 Å². The number of primary amides is 2. The standard InChI is InChI=1S/C78H153N31O19/c1-14-40(8)58(109-64(117)46(80)21-17-29-91-75(83)84)73(126)103-50(26-27-56(81)110)68(121)100-48(23-18-30-92-76(85)86)67(120)108-55(36-57(82)111)72(125)101-47(22-15-16-28-79)65(118)98-42(10)60(113)95-41(9)59(112)97-45(13)63(116)105-53(34-38(4)5)71(124)107-54(35-39(6)7)70(123)102-49(24-19-31-93-77(87)88)66(119)106-52(33-37(2)3)69(122)99-43(11)61(114)96-44(12)62(115)104-51(74(127)128)25-20-32-94-78(89)90/h37-55,58,75-78,91-94H,14-36,79-80,83-90H2,1-13H3,(H2,81,110)(H2,82,111)(H,95,113)(H,96,114)(H,97,112)(H,98,118)(H,99,122)(H,100,121)(H,101,125)(H,102,123)(H,103,126)(H,104,115)(H,105,116)(H,106,119)(H,107,124)(H,108,120)(H,109,117)(H,127,128)/t40-,41-,42-,43-,44-,45-,46-,47-,48-,49-,50-,51-,52-,53-,54-,55-,58-/m0/s1. The lowest BCUT2D eigenvalue weighted by molar-refractivity contribution is -0.142. The number of carboxylic acid groups (broad SMARTS) is 1. The molecular weight excluding hydrogens is 1680 g/mol. The summed E-state index contributed by atoms with van der Waals surface area (Å²) in [4.78, 5) is 247. The lowest BCUT2D eigenvalue weighted by atomic mass is 9.96. The van der Waals surface area contributed by atoms with Gasteiger partial charge in [-0.05, 0) is 187 Å². The molecule has 734 valence electrons. The Balaban J connectivity index is 6.75. The van der Waals surface area contributed by atoms with Gasteiger partial charge in [0.25, 0.3) is 0 Å². The van der Waals surface area contributed by atoms with Crippen LogP contribution in [-0.2, 0) is 86.3 Å². The van der Waals surface area contributed by atoms with E-state index in [9.17, 15) is 91.4 Å². The second kappa shape index (κ2) is 63.0. The maximum atomic E-state index is 14.5. The van der Waals surface area contributed by atoms with Crippen LogP contribution < -0.4 is 170 Å². The molecule has 0 spiro atoms. The molecule has 0 aliphatic carbocycles. The van der Waals surface area contributed by atoms with Crippen LogP contribution in [0.25, 0.3) is 0 Å². The van der Waals surface area contributed by atoms with E-state index in [1.165, 1.54) is 34.6 Å². The van der Waals surface area contributed by atoms with Gasteiger partial charge >= 0.3 is 5.97 Å². The van der Waals surface area contributed by atoms with Gasteiger partial charge in [-0.15, -0.1) is 0 Å². The van der Waals surface area contributed by atoms with Crippen LogP contribution in [0.5, 0.6) is 0 Å². The van der Waals surface area contributed by atoms with Gasteiger partial charge < -0.3 is 154 Å². The molecular formula is C78H153N31O19. The third-order valence-corrected chi connectivity index (χ3v) is 19.9.